The van der Waals surface area contributed by atoms with Crippen LogP contribution in [0.1, 0.15) is 23.0 Å². The number of anilines is 1. The van der Waals surface area contributed by atoms with Crippen molar-refractivity contribution < 1.29 is 9.53 Å². The lowest BCUT2D eigenvalue weighted by atomic mass is 9.83. The number of carbonyl (C=O) groups is 1. The van der Waals surface area contributed by atoms with Gasteiger partial charge in [-0.1, -0.05) is 73.7 Å². The molecular weight excluding hydrogens is 456 g/mol. The Balaban J connectivity index is 1.53. The highest BCUT2D eigenvalue weighted by atomic mass is 32.1. The summed E-state index contributed by atoms with van der Waals surface area (Å²) in [6.45, 7) is 2.59. The van der Waals surface area contributed by atoms with Crippen LogP contribution in [0.25, 0.3) is 32.6 Å². The Bertz CT molecular complexity index is 1440. The average Bonchev–Trinajstić information content (AvgIpc) is 3.25. The third-order valence-corrected chi connectivity index (χ3v) is 7.37. The van der Waals surface area contributed by atoms with Crippen molar-refractivity contribution in [3.8, 4) is 22.4 Å². The molecule has 5 rings (SSSR count). The second kappa shape index (κ2) is 9.35. The maximum absolute atomic E-state index is 13.3. The molecule has 1 amide bonds. The number of methoxy groups -OCH3 is 1. The smallest absolute Gasteiger partial charge is 0.263 e. The molecule has 1 atom stereocenters. The number of nitrogens with one attached hydrogen (secondary N) is 1. The predicted molar refractivity (Wildman–Crippen MR) is 142 cm³/mol. The molecule has 2 aromatic heterocycles. The van der Waals surface area contributed by atoms with E-state index in [0.29, 0.717) is 21.9 Å². The van der Waals surface area contributed by atoms with Crippen molar-refractivity contribution >= 4 is 33.1 Å². The highest BCUT2D eigenvalue weighted by Gasteiger charge is 2.27. The normalized spacial score (nSPS) is 17.3. The van der Waals surface area contributed by atoms with E-state index in [1.54, 1.807) is 7.11 Å². The molecule has 4 aromatic rings. The van der Waals surface area contributed by atoms with Gasteiger partial charge in [0.25, 0.3) is 5.91 Å². The number of fused-ring (bicyclic) bond motifs is 1. The molecule has 3 N–H and O–H groups in total. The molecule has 2 aromatic carbocycles. The first kappa shape index (κ1) is 22.8. The van der Waals surface area contributed by atoms with Crippen molar-refractivity contribution in [3.05, 3.63) is 89.5 Å². The van der Waals surface area contributed by atoms with Crippen LogP contribution in [0, 0.1) is 5.41 Å². The molecule has 1 aliphatic carbocycles. The van der Waals surface area contributed by atoms with E-state index < -0.39 is 0 Å². The van der Waals surface area contributed by atoms with E-state index >= 15 is 0 Å². The third-order valence-electron chi connectivity index (χ3n) is 6.28. The molecule has 0 saturated carbocycles. The Morgan fingerprint density at radius 3 is 2.40 bits per heavy atom. The van der Waals surface area contributed by atoms with Crippen molar-refractivity contribution in [2.45, 2.75) is 13.3 Å². The van der Waals surface area contributed by atoms with E-state index in [9.17, 15) is 4.79 Å². The number of hydrogen-bond donors (Lipinski definition) is 2. The van der Waals surface area contributed by atoms with Crippen LogP contribution in [0.5, 0.6) is 0 Å². The van der Waals surface area contributed by atoms with Crippen LogP contribution >= 0.6 is 11.3 Å². The maximum atomic E-state index is 13.3. The minimum absolute atomic E-state index is 0.196. The van der Waals surface area contributed by atoms with E-state index in [-0.39, 0.29) is 11.3 Å². The first-order valence-electron chi connectivity index (χ1n) is 11.4. The molecule has 35 heavy (non-hydrogen) atoms. The van der Waals surface area contributed by atoms with Gasteiger partial charge < -0.3 is 15.8 Å². The number of thiophene rings is 1. The molecule has 0 saturated heterocycles. The Labute approximate surface area is 208 Å². The van der Waals surface area contributed by atoms with E-state index in [0.717, 1.165) is 40.0 Å². The number of nitrogens with two attached hydrogens (primary N) is 1. The van der Waals surface area contributed by atoms with Gasteiger partial charge in [-0.25, -0.2) is 0 Å². The zero-order chi connectivity index (χ0) is 24.4. The largest absolute Gasteiger partial charge is 0.497 e. The standard InChI is InChI=1S/C28H26N4O2S/c1-28(15-13-20(34-2)14-16-28)17-30-26(33)25-23(29)22-21(18-9-5-3-6-10-18)24(31-32-27(22)35-25)19-11-7-4-8-12-19/h3-15H,16-17,29H2,1-2H3,(H,30,33). The number of aromatic nitrogens is 2. The van der Waals surface area contributed by atoms with Gasteiger partial charge in [-0.3, -0.25) is 4.79 Å². The lowest BCUT2D eigenvalue weighted by Crippen LogP contribution is -2.35. The Morgan fingerprint density at radius 2 is 1.77 bits per heavy atom. The number of nitrogens with zero attached hydrogens (tertiary/aromatic N) is 2. The topological polar surface area (TPSA) is 90.1 Å². The molecule has 7 heteroatoms. The first-order chi connectivity index (χ1) is 17.0. The van der Waals surface area contributed by atoms with Crippen molar-refractivity contribution in [2.75, 3.05) is 19.4 Å². The highest BCUT2D eigenvalue weighted by molar-refractivity contribution is 7.21. The van der Waals surface area contributed by atoms with Crippen LogP contribution in [0.3, 0.4) is 0 Å². The van der Waals surface area contributed by atoms with Crippen LogP contribution in [-0.2, 0) is 4.74 Å². The molecule has 1 unspecified atom stereocenters. The zero-order valence-corrected chi connectivity index (χ0v) is 20.4. The second-order valence-corrected chi connectivity index (χ2v) is 9.86. The summed E-state index contributed by atoms with van der Waals surface area (Å²) in [5, 5.41) is 12.9. The number of ether oxygens (including phenoxy) is 1. The van der Waals surface area contributed by atoms with Gasteiger partial charge in [0.2, 0.25) is 0 Å². The minimum atomic E-state index is -0.207. The van der Waals surface area contributed by atoms with E-state index in [1.807, 2.05) is 72.8 Å². The summed E-state index contributed by atoms with van der Waals surface area (Å²) in [5.74, 6) is 0.630. The Kier molecular flexibility index (Phi) is 6.09. The fourth-order valence-corrected chi connectivity index (χ4v) is 5.22. The summed E-state index contributed by atoms with van der Waals surface area (Å²) in [6, 6.07) is 19.9. The molecule has 0 spiro atoms. The van der Waals surface area contributed by atoms with Gasteiger partial charge in [0.05, 0.1) is 12.8 Å². The molecule has 1 aliphatic rings. The van der Waals surface area contributed by atoms with Gasteiger partial charge >= 0.3 is 0 Å². The predicted octanol–water partition coefficient (Wildman–Crippen LogP) is 5.83. The summed E-state index contributed by atoms with van der Waals surface area (Å²) in [7, 11) is 1.65. The van der Waals surface area contributed by atoms with Crippen LogP contribution in [0.4, 0.5) is 5.69 Å². The summed E-state index contributed by atoms with van der Waals surface area (Å²) >= 11 is 1.27. The van der Waals surface area contributed by atoms with Gasteiger partial charge in [-0.2, -0.15) is 0 Å². The highest BCUT2D eigenvalue weighted by Crippen LogP contribution is 2.43. The number of nitrogen functional groups attached to an aromatic ring is 1. The molecule has 0 radical (unpaired) electrons. The Morgan fingerprint density at radius 1 is 1.09 bits per heavy atom. The fourth-order valence-electron chi connectivity index (χ4n) is 4.26. The van der Waals surface area contributed by atoms with Gasteiger partial charge in [0, 0.05) is 28.5 Å². The average molecular weight is 483 g/mol. The number of allylic oxidation sites excluding steroid dienone is 2. The lowest BCUT2D eigenvalue weighted by Gasteiger charge is -2.27. The van der Waals surface area contributed by atoms with Crippen LogP contribution in [0.15, 0.2) is 84.7 Å². The number of carbonyl (C=O) groups excluding carboxylic acids is 1. The molecular formula is C28H26N4O2S. The molecule has 0 bridgehead atoms. The van der Waals surface area contributed by atoms with Crippen molar-refractivity contribution in [2.24, 2.45) is 5.41 Å². The lowest BCUT2D eigenvalue weighted by molar-refractivity contribution is 0.0945. The van der Waals surface area contributed by atoms with Crippen molar-refractivity contribution in [1.82, 2.24) is 15.5 Å². The quantitative estimate of drug-likeness (QED) is 0.361. The number of hydrogen-bond acceptors (Lipinski definition) is 6. The fraction of sp³-hybridized carbons (Fsp3) is 0.179. The summed E-state index contributed by atoms with van der Waals surface area (Å²) in [6.07, 6.45) is 6.83. The zero-order valence-electron chi connectivity index (χ0n) is 19.6. The maximum Gasteiger partial charge on any atom is 0.263 e. The van der Waals surface area contributed by atoms with E-state index in [1.165, 1.54) is 11.3 Å². The van der Waals surface area contributed by atoms with Crippen LogP contribution < -0.4 is 11.1 Å². The number of amides is 1. The second-order valence-electron chi connectivity index (χ2n) is 8.87. The summed E-state index contributed by atoms with van der Waals surface area (Å²) in [4.78, 5) is 14.3. The molecule has 0 aliphatic heterocycles. The molecule has 176 valence electrons. The molecule has 2 heterocycles. The van der Waals surface area contributed by atoms with E-state index in [4.69, 9.17) is 10.5 Å². The number of rotatable bonds is 6. The minimum Gasteiger partial charge on any atom is -0.497 e. The van der Waals surface area contributed by atoms with Crippen LogP contribution in [-0.4, -0.2) is 29.8 Å². The van der Waals surface area contributed by atoms with Gasteiger partial charge in [-0.05, 0) is 24.1 Å². The van der Waals surface area contributed by atoms with Crippen molar-refractivity contribution in [3.63, 3.8) is 0 Å². The van der Waals surface area contributed by atoms with Crippen molar-refractivity contribution in [1.29, 1.82) is 0 Å². The molecule has 6 nitrogen and oxygen atoms in total. The monoisotopic (exact) mass is 482 g/mol. The first-order valence-corrected chi connectivity index (χ1v) is 12.2. The molecule has 0 fully saturated rings. The van der Waals surface area contributed by atoms with Gasteiger partial charge in [-0.15, -0.1) is 21.5 Å². The summed E-state index contributed by atoms with van der Waals surface area (Å²) in [5.41, 5.74) is 10.4. The summed E-state index contributed by atoms with van der Waals surface area (Å²) < 4.78 is 5.28. The SMILES string of the molecule is COC1=CCC(C)(CNC(=O)c2sc3nnc(-c4ccccc4)c(-c4ccccc4)c3c2N)C=C1. The Hall–Kier alpha value is -3.97. The van der Waals surface area contributed by atoms with Gasteiger partial charge in [0.1, 0.15) is 21.2 Å². The van der Waals surface area contributed by atoms with Crippen LogP contribution in [0.2, 0.25) is 0 Å². The third kappa shape index (κ3) is 4.42. The number of benzene rings is 2. The van der Waals surface area contributed by atoms with Gasteiger partial charge in [0.15, 0.2) is 0 Å². The van der Waals surface area contributed by atoms with E-state index in [2.05, 4.69) is 28.5 Å².